The van der Waals surface area contributed by atoms with E-state index in [1.165, 1.54) is 0 Å². The van der Waals surface area contributed by atoms with E-state index in [1.807, 2.05) is 24.3 Å². The van der Waals surface area contributed by atoms with E-state index in [1.54, 1.807) is 6.08 Å². The fraction of sp³-hybridized carbons (Fsp3) is 0.650. The van der Waals surface area contributed by atoms with Crippen molar-refractivity contribution in [2.75, 3.05) is 0 Å². The Morgan fingerprint density at radius 2 is 1.76 bits per heavy atom. The van der Waals surface area contributed by atoms with E-state index >= 15 is 0 Å². The maximum atomic E-state index is 10.7. The molecule has 0 spiro atoms. The van der Waals surface area contributed by atoms with Gasteiger partial charge in [0.2, 0.25) is 0 Å². The van der Waals surface area contributed by atoms with E-state index in [-0.39, 0.29) is 12.5 Å². The van der Waals surface area contributed by atoms with Crippen molar-refractivity contribution >= 4 is 5.97 Å². The van der Waals surface area contributed by atoms with Crippen molar-refractivity contribution in [2.24, 2.45) is 0 Å². The summed E-state index contributed by atoms with van der Waals surface area (Å²) in [6, 6.07) is 0. The third-order valence-electron chi connectivity index (χ3n) is 3.79. The monoisotopic (exact) mass is 354 g/mol. The minimum Gasteiger partial charge on any atom is -0.513 e. The van der Waals surface area contributed by atoms with Crippen LogP contribution in [0.4, 0.5) is 0 Å². The number of rotatable bonds is 15. The summed E-state index contributed by atoms with van der Waals surface area (Å²) >= 11 is 0. The van der Waals surface area contributed by atoms with Gasteiger partial charge in [-0.3, -0.25) is 0 Å². The maximum absolute atomic E-state index is 10.7. The van der Waals surface area contributed by atoms with Crippen molar-refractivity contribution in [2.45, 2.75) is 83.7 Å². The molecule has 0 radical (unpaired) electrons. The largest absolute Gasteiger partial charge is 0.513 e. The molecule has 0 amide bonds. The molecular weight excluding hydrogens is 320 g/mol. The molecule has 0 rings (SSSR count). The molecule has 25 heavy (non-hydrogen) atoms. The summed E-state index contributed by atoms with van der Waals surface area (Å²) in [6.07, 6.45) is 17.9. The summed E-state index contributed by atoms with van der Waals surface area (Å²) in [4.78, 5) is 14.3. The SMILES string of the molecule is CCCCCC(O)CC=C(O)CCC=CCC=CCCCC(=O)OO. The minimum absolute atomic E-state index is 0.218. The predicted molar refractivity (Wildman–Crippen MR) is 100 cm³/mol. The summed E-state index contributed by atoms with van der Waals surface area (Å²) in [5, 5.41) is 27.7. The van der Waals surface area contributed by atoms with E-state index in [9.17, 15) is 15.0 Å². The third kappa shape index (κ3) is 17.0. The van der Waals surface area contributed by atoms with Crippen LogP contribution in [0.3, 0.4) is 0 Å². The van der Waals surface area contributed by atoms with Gasteiger partial charge in [-0.25, -0.2) is 4.79 Å². The van der Waals surface area contributed by atoms with E-state index in [2.05, 4.69) is 11.8 Å². The second-order valence-electron chi connectivity index (χ2n) is 6.15. The molecule has 0 bridgehead atoms. The molecule has 0 saturated carbocycles. The van der Waals surface area contributed by atoms with Gasteiger partial charge < -0.3 is 15.1 Å². The number of carbonyl (C=O) groups excluding carboxylic acids is 1. The molecule has 0 aromatic carbocycles. The molecular formula is C20H34O5. The molecule has 3 N–H and O–H groups in total. The van der Waals surface area contributed by atoms with Crippen molar-refractivity contribution in [3.63, 3.8) is 0 Å². The van der Waals surface area contributed by atoms with Crippen LogP contribution < -0.4 is 0 Å². The molecule has 0 aliphatic rings. The van der Waals surface area contributed by atoms with Gasteiger partial charge in [0.25, 0.3) is 0 Å². The lowest BCUT2D eigenvalue weighted by molar-refractivity contribution is -0.234. The van der Waals surface area contributed by atoms with Crippen molar-refractivity contribution in [3.8, 4) is 0 Å². The van der Waals surface area contributed by atoms with Crippen LogP contribution in [-0.4, -0.2) is 27.5 Å². The standard InChI is InChI=1S/C20H34O5/c1-2-3-10-13-18(21)16-17-19(22)14-11-8-6-4-5-7-9-12-15-20(23)25-24/h5-8,17-18,21-22,24H,2-4,9-16H2,1H3. The van der Waals surface area contributed by atoms with Gasteiger partial charge >= 0.3 is 5.97 Å². The molecule has 0 aromatic heterocycles. The number of aliphatic hydroxyl groups excluding tert-OH is 2. The van der Waals surface area contributed by atoms with Crippen molar-refractivity contribution < 1.29 is 25.2 Å². The molecule has 0 aliphatic carbocycles. The van der Waals surface area contributed by atoms with E-state index in [0.29, 0.717) is 25.0 Å². The number of aliphatic hydroxyl groups is 2. The maximum Gasteiger partial charge on any atom is 0.342 e. The smallest absolute Gasteiger partial charge is 0.342 e. The second-order valence-corrected chi connectivity index (χ2v) is 6.15. The van der Waals surface area contributed by atoms with Gasteiger partial charge in [0.05, 0.1) is 11.9 Å². The van der Waals surface area contributed by atoms with Gasteiger partial charge in [0.1, 0.15) is 0 Å². The van der Waals surface area contributed by atoms with Crippen molar-refractivity contribution in [1.82, 2.24) is 0 Å². The minimum atomic E-state index is -0.602. The average molecular weight is 354 g/mol. The zero-order valence-corrected chi connectivity index (χ0v) is 15.4. The third-order valence-corrected chi connectivity index (χ3v) is 3.79. The highest BCUT2D eigenvalue weighted by Gasteiger charge is 2.02. The Bertz CT molecular complexity index is 412. The Morgan fingerprint density at radius 1 is 1.04 bits per heavy atom. The highest BCUT2D eigenvalue weighted by molar-refractivity contribution is 5.68. The molecule has 0 fully saturated rings. The first-order chi connectivity index (χ1) is 12.1. The molecule has 0 heterocycles. The molecule has 1 atom stereocenters. The zero-order chi connectivity index (χ0) is 18.8. The predicted octanol–water partition coefficient (Wildman–Crippen LogP) is 5.23. The van der Waals surface area contributed by atoms with Crippen LogP contribution in [0.2, 0.25) is 0 Å². The highest BCUT2D eigenvalue weighted by atomic mass is 17.1. The molecule has 0 saturated heterocycles. The molecule has 1 unspecified atom stereocenters. The van der Waals surface area contributed by atoms with Crippen LogP contribution in [0.5, 0.6) is 0 Å². The first-order valence-electron chi connectivity index (χ1n) is 9.30. The van der Waals surface area contributed by atoms with Crippen LogP contribution in [-0.2, 0) is 9.68 Å². The van der Waals surface area contributed by atoms with Crippen LogP contribution in [0.15, 0.2) is 36.1 Å². The Morgan fingerprint density at radius 3 is 2.44 bits per heavy atom. The quantitative estimate of drug-likeness (QED) is 0.123. The van der Waals surface area contributed by atoms with Crippen molar-refractivity contribution in [3.05, 3.63) is 36.1 Å². The Kier molecular flexibility index (Phi) is 16.1. The number of hydrogen-bond acceptors (Lipinski definition) is 5. The first-order valence-corrected chi connectivity index (χ1v) is 9.30. The Balaban J connectivity index is 3.65. The van der Waals surface area contributed by atoms with Crippen LogP contribution in [0.1, 0.15) is 77.6 Å². The lowest BCUT2D eigenvalue weighted by Gasteiger charge is -2.07. The Labute approximate surface area is 151 Å². The number of allylic oxidation sites excluding steroid dienone is 5. The second kappa shape index (κ2) is 17.2. The van der Waals surface area contributed by atoms with Gasteiger partial charge in [-0.05, 0) is 44.6 Å². The average Bonchev–Trinajstić information content (AvgIpc) is 2.61. The van der Waals surface area contributed by atoms with Crippen molar-refractivity contribution in [1.29, 1.82) is 0 Å². The number of unbranched alkanes of at least 4 members (excludes halogenated alkanes) is 3. The fourth-order valence-corrected chi connectivity index (χ4v) is 2.27. The molecule has 5 nitrogen and oxygen atoms in total. The topological polar surface area (TPSA) is 87.0 Å². The van der Waals surface area contributed by atoms with Gasteiger partial charge in [-0.2, -0.15) is 5.26 Å². The fourth-order valence-electron chi connectivity index (χ4n) is 2.27. The summed E-state index contributed by atoms with van der Waals surface area (Å²) in [5.41, 5.74) is 0. The van der Waals surface area contributed by atoms with Gasteiger partial charge in [-0.1, -0.05) is 50.5 Å². The first kappa shape index (κ1) is 23.4. The molecule has 0 aromatic rings. The normalized spacial score (nSPS) is 13.6. The molecule has 5 heteroatoms. The number of hydrogen-bond donors (Lipinski definition) is 3. The molecule has 144 valence electrons. The summed E-state index contributed by atoms with van der Waals surface area (Å²) in [5.74, 6) is -0.264. The van der Waals surface area contributed by atoms with Crippen LogP contribution in [0, 0.1) is 0 Å². The molecule has 0 aliphatic heterocycles. The summed E-state index contributed by atoms with van der Waals surface area (Å²) < 4.78 is 0. The van der Waals surface area contributed by atoms with Gasteiger partial charge in [0.15, 0.2) is 0 Å². The highest BCUT2D eigenvalue weighted by Crippen LogP contribution is 2.10. The lowest BCUT2D eigenvalue weighted by atomic mass is 10.1. The van der Waals surface area contributed by atoms with Crippen LogP contribution in [0.25, 0.3) is 0 Å². The Hall–Kier alpha value is -1.59. The van der Waals surface area contributed by atoms with Crippen LogP contribution >= 0.6 is 0 Å². The number of carbonyl (C=O) groups is 1. The van der Waals surface area contributed by atoms with E-state index in [4.69, 9.17) is 5.26 Å². The van der Waals surface area contributed by atoms with E-state index < -0.39 is 5.97 Å². The zero-order valence-electron chi connectivity index (χ0n) is 15.4. The summed E-state index contributed by atoms with van der Waals surface area (Å²) in [6.45, 7) is 2.14. The lowest BCUT2D eigenvalue weighted by Crippen LogP contribution is -2.04. The van der Waals surface area contributed by atoms with Gasteiger partial charge in [0, 0.05) is 12.8 Å². The van der Waals surface area contributed by atoms with E-state index in [0.717, 1.165) is 44.9 Å². The summed E-state index contributed by atoms with van der Waals surface area (Å²) in [7, 11) is 0. The van der Waals surface area contributed by atoms with Gasteiger partial charge in [-0.15, -0.1) is 0 Å².